The lowest BCUT2D eigenvalue weighted by molar-refractivity contribution is 0.0611. The molecule has 0 amide bonds. The first-order valence-electron chi connectivity index (χ1n) is 5.18. The minimum Gasteiger partial charge on any atom is -0.489 e. The van der Waals surface area contributed by atoms with Crippen molar-refractivity contribution in [3.05, 3.63) is 54.1 Å². The second-order valence-corrected chi connectivity index (χ2v) is 4.57. The van der Waals surface area contributed by atoms with Crippen LogP contribution in [-0.2, 0) is 4.74 Å². The van der Waals surface area contributed by atoms with E-state index in [1.807, 2.05) is 26.8 Å². The molecule has 1 aromatic rings. The van der Waals surface area contributed by atoms with Gasteiger partial charge in [-0.1, -0.05) is 24.8 Å². The van der Waals surface area contributed by atoms with E-state index in [0.29, 0.717) is 5.76 Å². The summed E-state index contributed by atoms with van der Waals surface area (Å²) in [6, 6.07) is 6.26. The summed E-state index contributed by atoms with van der Waals surface area (Å²) in [5.74, 6) is 0.360. The maximum absolute atomic E-state index is 12.6. The van der Waals surface area contributed by atoms with Gasteiger partial charge in [0.25, 0.3) is 0 Å². The molecule has 0 aliphatic rings. The maximum Gasteiger partial charge on any atom is 0.123 e. The Morgan fingerprint density at radius 1 is 1.25 bits per heavy atom. The number of hydrogen-bond acceptors (Lipinski definition) is 1. The molecule has 1 aromatic carbocycles. The third kappa shape index (κ3) is 4.78. The average Bonchev–Trinajstić information content (AvgIpc) is 2.14. The topological polar surface area (TPSA) is 9.23 Å². The van der Waals surface area contributed by atoms with Gasteiger partial charge in [0.05, 0.1) is 0 Å². The van der Waals surface area contributed by atoms with E-state index in [2.05, 4.69) is 6.58 Å². The van der Waals surface area contributed by atoms with Crippen LogP contribution >= 0.6 is 0 Å². The van der Waals surface area contributed by atoms with E-state index in [-0.39, 0.29) is 11.4 Å². The highest BCUT2D eigenvalue weighted by molar-refractivity contribution is 5.51. The largest absolute Gasteiger partial charge is 0.489 e. The molecule has 0 unspecified atom stereocenters. The van der Waals surface area contributed by atoms with Crippen molar-refractivity contribution in [3.63, 3.8) is 0 Å². The molecule has 0 heterocycles. The van der Waals surface area contributed by atoms with Crippen LogP contribution in [0.15, 0.2) is 42.7 Å². The molecule has 2 heteroatoms. The summed E-state index contributed by atoms with van der Waals surface area (Å²) in [6.45, 7) is 9.68. The second-order valence-electron chi connectivity index (χ2n) is 4.57. The maximum atomic E-state index is 12.6. The number of halogens is 1. The van der Waals surface area contributed by atoms with Gasteiger partial charge in [0.2, 0.25) is 0 Å². The van der Waals surface area contributed by atoms with E-state index in [1.54, 1.807) is 18.2 Å². The van der Waals surface area contributed by atoms with Crippen LogP contribution < -0.4 is 0 Å². The number of benzene rings is 1. The molecule has 0 aliphatic carbocycles. The molecule has 0 spiro atoms. The van der Waals surface area contributed by atoms with Crippen LogP contribution in [-0.4, -0.2) is 5.60 Å². The highest BCUT2D eigenvalue weighted by Crippen LogP contribution is 2.14. The van der Waals surface area contributed by atoms with Gasteiger partial charge in [-0.2, -0.15) is 0 Å². The van der Waals surface area contributed by atoms with Gasteiger partial charge in [-0.15, -0.1) is 0 Å². The van der Waals surface area contributed by atoms with Crippen LogP contribution in [0.25, 0.3) is 6.08 Å². The number of allylic oxidation sites excluding steroid dienone is 1. The molecular weight excluding hydrogens is 203 g/mol. The van der Waals surface area contributed by atoms with E-state index in [1.165, 1.54) is 12.1 Å². The zero-order valence-corrected chi connectivity index (χ0v) is 9.96. The molecule has 0 fully saturated rings. The average molecular weight is 220 g/mol. The summed E-state index contributed by atoms with van der Waals surface area (Å²) in [6.07, 6.45) is 3.62. The Bertz CT molecular complexity index is 382. The first kappa shape index (κ1) is 12.5. The highest BCUT2D eigenvalue weighted by Gasteiger charge is 2.10. The fourth-order valence-electron chi connectivity index (χ4n) is 1.19. The fraction of sp³-hybridized carbons (Fsp3) is 0.286. The summed E-state index contributed by atoms with van der Waals surface area (Å²) in [5.41, 5.74) is 0.671. The standard InChI is InChI=1S/C14H17FO/c1-11(16-14(2,3)4)5-6-12-7-9-13(15)10-8-12/h5-10H,1H2,2-4H3/b6-5+. The van der Waals surface area contributed by atoms with Crippen molar-refractivity contribution in [1.82, 2.24) is 0 Å². The van der Waals surface area contributed by atoms with Crippen molar-refractivity contribution in [2.45, 2.75) is 26.4 Å². The van der Waals surface area contributed by atoms with Crippen LogP contribution in [0, 0.1) is 5.82 Å². The van der Waals surface area contributed by atoms with E-state index in [9.17, 15) is 4.39 Å². The summed E-state index contributed by atoms with van der Waals surface area (Å²) >= 11 is 0. The minimum absolute atomic E-state index is 0.234. The van der Waals surface area contributed by atoms with Crippen molar-refractivity contribution < 1.29 is 9.13 Å². The Morgan fingerprint density at radius 2 is 1.81 bits per heavy atom. The van der Waals surface area contributed by atoms with Crippen molar-refractivity contribution in [3.8, 4) is 0 Å². The van der Waals surface area contributed by atoms with Crippen molar-refractivity contribution in [1.29, 1.82) is 0 Å². The second kappa shape index (κ2) is 4.97. The SMILES string of the molecule is C=C(/C=C/c1ccc(F)cc1)OC(C)(C)C. The van der Waals surface area contributed by atoms with Gasteiger partial charge in [-0.05, 0) is 44.5 Å². The zero-order valence-electron chi connectivity index (χ0n) is 9.96. The lowest BCUT2D eigenvalue weighted by Crippen LogP contribution is -2.17. The Kier molecular flexibility index (Phi) is 3.88. The Balaban J connectivity index is 2.60. The van der Waals surface area contributed by atoms with E-state index in [4.69, 9.17) is 4.74 Å². The van der Waals surface area contributed by atoms with Crippen LogP contribution in [0.5, 0.6) is 0 Å². The highest BCUT2D eigenvalue weighted by atomic mass is 19.1. The van der Waals surface area contributed by atoms with E-state index < -0.39 is 0 Å². The van der Waals surface area contributed by atoms with Crippen molar-refractivity contribution >= 4 is 6.08 Å². The lowest BCUT2D eigenvalue weighted by atomic mass is 10.2. The third-order valence-corrected chi connectivity index (χ3v) is 1.77. The molecule has 0 atom stereocenters. The van der Waals surface area contributed by atoms with Crippen LogP contribution in [0.1, 0.15) is 26.3 Å². The summed E-state index contributed by atoms with van der Waals surface area (Å²) in [7, 11) is 0. The van der Waals surface area contributed by atoms with Gasteiger partial charge in [-0.3, -0.25) is 0 Å². The number of ether oxygens (including phenoxy) is 1. The Morgan fingerprint density at radius 3 is 2.31 bits per heavy atom. The molecule has 0 aliphatic heterocycles. The Labute approximate surface area is 96.3 Å². The summed E-state index contributed by atoms with van der Waals surface area (Å²) < 4.78 is 18.2. The van der Waals surface area contributed by atoms with Crippen molar-refractivity contribution in [2.75, 3.05) is 0 Å². The van der Waals surface area contributed by atoms with E-state index in [0.717, 1.165) is 5.56 Å². The lowest BCUT2D eigenvalue weighted by Gasteiger charge is -2.21. The predicted molar refractivity (Wildman–Crippen MR) is 65.4 cm³/mol. The molecule has 1 nitrogen and oxygen atoms in total. The Hall–Kier alpha value is -1.57. The van der Waals surface area contributed by atoms with Gasteiger partial charge < -0.3 is 4.74 Å². The molecule has 1 rings (SSSR count). The quantitative estimate of drug-likeness (QED) is 0.548. The van der Waals surface area contributed by atoms with Gasteiger partial charge in [0, 0.05) is 0 Å². The first-order chi connectivity index (χ1) is 7.37. The summed E-state index contributed by atoms with van der Waals surface area (Å²) in [4.78, 5) is 0. The molecule has 0 saturated heterocycles. The molecule has 0 aromatic heterocycles. The van der Waals surface area contributed by atoms with Crippen molar-refractivity contribution in [2.24, 2.45) is 0 Å². The molecule has 0 saturated carbocycles. The monoisotopic (exact) mass is 220 g/mol. The summed E-state index contributed by atoms with van der Waals surface area (Å²) in [5, 5.41) is 0. The third-order valence-electron chi connectivity index (χ3n) is 1.77. The fourth-order valence-corrected chi connectivity index (χ4v) is 1.19. The van der Waals surface area contributed by atoms with E-state index >= 15 is 0 Å². The first-order valence-corrected chi connectivity index (χ1v) is 5.18. The molecule has 86 valence electrons. The minimum atomic E-state index is -0.246. The predicted octanol–water partition coefficient (Wildman–Crippen LogP) is 4.17. The van der Waals surface area contributed by atoms with Crippen LogP contribution in [0.2, 0.25) is 0 Å². The zero-order chi connectivity index (χ0) is 12.2. The number of hydrogen-bond donors (Lipinski definition) is 0. The molecular formula is C14H17FO. The molecule has 0 radical (unpaired) electrons. The molecule has 0 bridgehead atoms. The normalized spacial score (nSPS) is 11.8. The van der Waals surface area contributed by atoms with Gasteiger partial charge in [0.15, 0.2) is 0 Å². The van der Waals surface area contributed by atoms with Gasteiger partial charge in [-0.25, -0.2) is 4.39 Å². The molecule has 0 N–H and O–H groups in total. The smallest absolute Gasteiger partial charge is 0.123 e. The molecule has 16 heavy (non-hydrogen) atoms. The van der Waals surface area contributed by atoms with Crippen LogP contribution in [0.4, 0.5) is 4.39 Å². The number of rotatable bonds is 3. The van der Waals surface area contributed by atoms with Gasteiger partial charge >= 0.3 is 0 Å². The van der Waals surface area contributed by atoms with Gasteiger partial charge in [0.1, 0.15) is 17.2 Å². The van der Waals surface area contributed by atoms with Crippen LogP contribution in [0.3, 0.4) is 0 Å².